The standard InChI is InChI=1S/C27H36O5/c1-25-11-12-27(22(28)7-8-23(29)32-27)14-17(25)3-4-18-20-6-5-19(16-13-24(30)31-15-16)26(20,2)10-9-21(18)25/h13,17-21H,3-12,14-15H2,1-2H3/t17-,18+,19-,20+,21+,25+,26-,27+/m1/s1. The summed E-state index contributed by atoms with van der Waals surface area (Å²) in [6.07, 6.45) is 12.1. The number of Topliss-reactive ketones (excluding diaryl/α,β-unsaturated/α-hetero) is 1. The van der Waals surface area contributed by atoms with Crippen molar-refractivity contribution in [2.45, 2.75) is 90.1 Å². The van der Waals surface area contributed by atoms with Crippen LogP contribution in [0.4, 0.5) is 0 Å². The molecule has 5 nitrogen and oxygen atoms in total. The third-order valence-electron chi connectivity index (χ3n) is 11.2. The van der Waals surface area contributed by atoms with Gasteiger partial charge in [-0.1, -0.05) is 13.8 Å². The summed E-state index contributed by atoms with van der Waals surface area (Å²) in [6, 6.07) is 0. The monoisotopic (exact) mass is 440 g/mol. The summed E-state index contributed by atoms with van der Waals surface area (Å²) in [4.78, 5) is 36.6. The van der Waals surface area contributed by atoms with Gasteiger partial charge in [0.25, 0.3) is 0 Å². The van der Waals surface area contributed by atoms with Gasteiger partial charge in [0.2, 0.25) is 0 Å². The van der Waals surface area contributed by atoms with Crippen LogP contribution in [0.25, 0.3) is 0 Å². The molecule has 2 aliphatic heterocycles. The number of fused-ring (bicyclic) bond motifs is 5. The Hall–Kier alpha value is -1.65. The lowest BCUT2D eigenvalue weighted by Crippen LogP contribution is -2.59. The van der Waals surface area contributed by atoms with Gasteiger partial charge in [0.15, 0.2) is 11.4 Å². The molecule has 2 heterocycles. The van der Waals surface area contributed by atoms with E-state index in [1.54, 1.807) is 6.08 Å². The number of hydrogen-bond donors (Lipinski definition) is 0. The van der Waals surface area contributed by atoms with Crippen LogP contribution in [0.5, 0.6) is 0 Å². The average Bonchev–Trinajstić information content (AvgIpc) is 3.34. The van der Waals surface area contributed by atoms with Crippen LogP contribution in [-0.4, -0.2) is 29.9 Å². The van der Waals surface area contributed by atoms with Crippen LogP contribution >= 0.6 is 0 Å². The second kappa shape index (κ2) is 6.93. The lowest BCUT2D eigenvalue weighted by atomic mass is 9.43. The van der Waals surface area contributed by atoms with Crippen molar-refractivity contribution in [3.05, 3.63) is 11.6 Å². The number of ether oxygens (including phenoxy) is 2. The number of carbonyl (C=O) groups excluding carboxylic acids is 3. The Labute approximate surface area is 190 Å². The topological polar surface area (TPSA) is 69.7 Å². The molecule has 5 heteroatoms. The fourth-order valence-corrected chi connectivity index (χ4v) is 9.55. The highest BCUT2D eigenvalue weighted by atomic mass is 16.6. The quantitative estimate of drug-likeness (QED) is 0.549. The van der Waals surface area contributed by atoms with E-state index in [2.05, 4.69) is 13.8 Å². The van der Waals surface area contributed by atoms with Gasteiger partial charge in [-0.05, 0) is 104 Å². The molecule has 0 bridgehead atoms. The third-order valence-corrected chi connectivity index (χ3v) is 11.2. The van der Waals surface area contributed by atoms with E-state index in [9.17, 15) is 14.4 Å². The van der Waals surface area contributed by atoms with Gasteiger partial charge in [-0.15, -0.1) is 0 Å². The van der Waals surface area contributed by atoms with Crippen molar-refractivity contribution in [1.82, 2.24) is 0 Å². The van der Waals surface area contributed by atoms with E-state index in [0.29, 0.717) is 43.1 Å². The van der Waals surface area contributed by atoms with Crippen molar-refractivity contribution in [2.75, 3.05) is 6.61 Å². The van der Waals surface area contributed by atoms with E-state index in [4.69, 9.17) is 9.47 Å². The number of cyclic esters (lactones) is 1. The minimum Gasteiger partial charge on any atom is -0.458 e. The Bertz CT molecular complexity index is 906. The minimum atomic E-state index is -0.824. The maximum absolute atomic E-state index is 12.8. The molecule has 0 aromatic rings. The van der Waals surface area contributed by atoms with Gasteiger partial charge < -0.3 is 9.47 Å². The molecule has 1 spiro atoms. The molecule has 5 fully saturated rings. The molecule has 174 valence electrons. The van der Waals surface area contributed by atoms with Crippen molar-refractivity contribution in [3.63, 3.8) is 0 Å². The van der Waals surface area contributed by atoms with E-state index in [1.807, 2.05) is 0 Å². The van der Waals surface area contributed by atoms with E-state index in [-0.39, 0.29) is 35.0 Å². The molecule has 4 saturated carbocycles. The first-order chi connectivity index (χ1) is 15.3. The maximum atomic E-state index is 12.8. The normalized spacial score (nSPS) is 50.2. The summed E-state index contributed by atoms with van der Waals surface area (Å²) in [7, 11) is 0. The van der Waals surface area contributed by atoms with Crippen LogP contribution in [0.15, 0.2) is 11.6 Å². The summed E-state index contributed by atoms with van der Waals surface area (Å²) in [5.74, 6) is 2.91. The SMILES string of the molecule is C[C@]12CC[C@@]3(C[C@H]1CC[C@@H]1[C@@H]2CC[C@]2(C)[C@@H](C4=CC(=O)OC4)CC[C@@H]12)OC(=O)CCC3=O. The summed E-state index contributed by atoms with van der Waals surface area (Å²) in [5, 5.41) is 0. The highest BCUT2D eigenvalue weighted by molar-refractivity contribution is 5.95. The Balaban J connectivity index is 1.24. The van der Waals surface area contributed by atoms with Crippen LogP contribution in [0.3, 0.4) is 0 Å². The first kappa shape index (κ1) is 20.9. The zero-order chi connectivity index (χ0) is 22.3. The summed E-state index contributed by atoms with van der Waals surface area (Å²) >= 11 is 0. The Morgan fingerprint density at radius 3 is 2.47 bits per heavy atom. The third kappa shape index (κ3) is 2.78. The predicted octanol–water partition coefficient (Wildman–Crippen LogP) is 4.77. The molecule has 0 unspecified atom stereocenters. The van der Waals surface area contributed by atoms with Crippen molar-refractivity contribution in [2.24, 2.45) is 40.4 Å². The van der Waals surface area contributed by atoms with Crippen LogP contribution < -0.4 is 0 Å². The van der Waals surface area contributed by atoms with Gasteiger partial charge in [0, 0.05) is 12.5 Å². The summed E-state index contributed by atoms with van der Waals surface area (Å²) < 4.78 is 11.1. The van der Waals surface area contributed by atoms with Crippen LogP contribution in [0, 0.1) is 40.4 Å². The number of rotatable bonds is 1. The largest absolute Gasteiger partial charge is 0.458 e. The molecule has 0 N–H and O–H groups in total. The highest BCUT2D eigenvalue weighted by Crippen LogP contribution is 2.69. The number of carbonyl (C=O) groups is 3. The lowest BCUT2D eigenvalue weighted by Gasteiger charge is -2.62. The molecule has 8 atom stereocenters. The van der Waals surface area contributed by atoms with E-state index >= 15 is 0 Å². The number of esters is 2. The molecule has 0 aromatic heterocycles. The summed E-state index contributed by atoms with van der Waals surface area (Å²) in [5.41, 5.74) is 0.920. The second-order valence-electron chi connectivity index (χ2n) is 12.3. The maximum Gasteiger partial charge on any atom is 0.331 e. The Kier molecular flexibility index (Phi) is 4.53. The van der Waals surface area contributed by atoms with Crippen molar-refractivity contribution in [1.29, 1.82) is 0 Å². The molecule has 0 radical (unpaired) electrons. The molecule has 6 aliphatic rings. The van der Waals surface area contributed by atoms with Gasteiger partial charge in [0.1, 0.15) is 6.61 Å². The molecule has 1 saturated heterocycles. The Morgan fingerprint density at radius 2 is 1.69 bits per heavy atom. The van der Waals surface area contributed by atoms with Crippen molar-refractivity contribution in [3.8, 4) is 0 Å². The van der Waals surface area contributed by atoms with E-state index in [1.165, 1.54) is 37.7 Å². The van der Waals surface area contributed by atoms with Crippen molar-refractivity contribution < 1.29 is 23.9 Å². The van der Waals surface area contributed by atoms with E-state index < -0.39 is 5.60 Å². The van der Waals surface area contributed by atoms with Gasteiger partial charge >= 0.3 is 11.9 Å². The fraction of sp³-hybridized carbons (Fsp3) is 0.815. The van der Waals surface area contributed by atoms with Gasteiger partial charge in [0.05, 0.1) is 6.42 Å². The van der Waals surface area contributed by atoms with Crippen LogP contribution in [-0.2, 0) is 23.9 Å². The molecule has 6 rings (SSSR count). The average molecular weight is 441 g/mol. The number of hydrogen-bond acceptors (Lipinski definition) is 5. The molecule has 0 aromatic carbocycles. The minimum absolute atomic E-state index is 0.164. The smallest absolute Gasteiger partial charge is 0.331 e. The molecule has 32 heavy (non-hydrogen) atoms. The summed E-state index contributed by atoms with van der Waals surface area (Å²) in [6.45, 7) is 5.46. The number of ketones is 1. The molecular weight excluding hydrogens is 404 g/mol. The molecule has 0 amide bonds. The van der Waals surface area contributed by atoms with Crippen LogP contribution in [0.2, 0.25) is 0 Å². The predicted molar refractivity (Wildman–Crippen MR) is 117 cm³/mol. The van der Waals surface area contributed by atoms with Crippen LogP contribution in [0.1, 0.15) is 84.5 Å². The van der Waals surface area contributed by atoms with Crippen molar-refractivity contribution >= 4 is 17.7 Å². The fourth-order valence-electron chi connectivity index (χ4n) is 9.55. The zero-order valence-electron chi connectivity index (χ0n) is 19.5. The Morgan fingerprint density at radius 1 is 0.875 bits per heavy atom. The van der Waals surface area contributed by atoms with E-state index in [0.717, 1.165) is 25.2 Å². The highest BCUT2D eigenvalue weighted by Gasteiger charge is 2.63. The van der Waals surface area contributed by atoms with Gasteiger partial charge in [-0.3, -0.25) is 9.59 Å². The zero-order valence-corrected chi connectivity index (χ0v) is 19.5. The molecule has 4 aliphatic carbocycles. The second-order valence-corrected chi connectivity index (χ2v) is 12.3. The lowest BCUT2D eigenvalue weighted by molar-refractivity contribution is -0.195. The first-order valence-corrected chi connectivity index (χ1v) is 12.9. The molecular formula is C27H36O5. The van der Waals surface area contributed by atoms with Gasteiger partial charge in [-0.2, -0.15) is 0 Å². The first-order valence-electron chi connectivity index (χ1n) is 12.9. The van der Waals surface area contributed by atoms with Gasteiger partial charge in [-0.25, -0.2) is 4.79 Å².